The first-order valence-electron chi connectivity index (χ1n) is 11.0. The van der Waals surface area contributed by atoms with Crippen molar-refractivity contribution in [3.05, 3.63) is 100 Å². The van der Waals surface area contributed by atoms with E-state index < -0.39 is 0 Å². The summed E-state index contributed by atoms with van der Waals surface area (Å²) in [5.74, 6) is 0.321. The van der Waals surface area contributed by atoms with Crippen molar-refractivity contribution in [2.24, 2.45) is 7.05 Å². The minimum absolute atomic E-state index is 0.0665. The Kier molecular flexibility index (Phi) is 5.75. The number of fused-ring (bicyclic) bond motifs is 3. The van der Waals surface area contributed by atoms with Crippen molar-refractivity contribution in [3.8, 4) is 5.75 Å². The van der Waals surface area contributed by atoms with Crippen molar-refractivity contribution >= 4 is 34.3 Å². The number of carbonyl (C=O) groups is 2. The van der Waals surface area contributed by atoms with Gasteiger partial charge in [-0.3, -0.25) is 9.59 Å². The topological polar surface area (TPSA) is 63.6 Å². The van der Waals surface area contributed by atoms with Gasteiger partial charge >= 0.3 is 0 Å². The summed E-state index contributed by atoms with van der Waals surface area (Å²) in [5.41, 5.74) is 4.27. The first-order valence-corrected chi connectivity index (χ1v) is 11.4. The number of amides is 2. The van der Waals surface area contributed by atoms with E-state index in [1.54, 1.807) is 18.1 Å². The second kappa shape index (κ2) is 8.88. The van der Waals surface area contributed by atoms with Crippen molar-refractivity contribution < 1.29 is 14.3 Å². The fourth-order valence-corrected chi connectivity index (χ4v) is 4.91. The maximum Gasteiger partial charge on any atom is 0.272 e. The summed E-state index contributed by atoms with van der Waals surface area (Å²) < 4.78 is 7.23. The maximum absolute atomic E-state index is 13.6. The van der Waals surface area contributed by atoms with Crippen LogP contribution in [-0.2, 0) is 18.4 Å². The van der Waals surface area contributed by atoms with Crippen LogP contribution in [0.2, 0.25) is 5.02 Å². The molecule has 5 rings (SSSR count). The van der Waals surface area contributed by atoms with Crippen molar-refractivity contribution in [2.75, 3.05) is 13.7 Å². The molecule has 0 spiro atoms. The summed E-state index contributed by atoms with van der Waals surface area (Å²) in [6.07, 6.45) is 0. The highest BCUT2D eigenvalue weighted by molar-refractivity contribution is 6.31. The van der Waals surface area contributed by atoms with Gasteiger partial charge in [-0.2, -0.15) is 0 Å². The Hall–Kier alpha value is -3.77. The number of hydrogen-bond donors (Lipinski definition) is 1. The van der Waals surface area contributed by atoms with Gasteiger partial charge in [-0.05, 0) is 35.4 Å². The van der Waals surface area contributed by atoms with E-state index in [1.807, 2.05) is 78.3 Å². The molecule has 1 aromatic heterocycles. The molecule has 7 heteroatoms. The molecule has 1 N–H and O–H groups in total. The Labute approximate surface area is 202 Å². The molecule has 2 heterocycles. The highest BCUT2D eigenvalue weighted by Gasteiger charge is 2.42. The van der Waals surface area contributed by atoms with Gasteiger partial charge in [0.2, 0.25) is 5.91 Å². The van der Waals surface area contributed by atoms with Gasteiger partial charge in [-0.1, -0.05) is 60.1 Å². The lowest BCUT2D eigenvalue weighted by molar-refractivity contribution is -0.122. The van der Waals surface area contributed by atoms with Gasteiger partial charge in [0.25, 0.3) is 5.91 Å². The predicted molar refractivity (Wildman–Crippen MR) is 132 cm³/mol. The van der Waals surface area contributed by atoms with Crippen LogP contribution in [0.1, 0.15) is 33.2 Å². The number of halogens is 1. The van der Waals surface area contributed by atoms with Gasteiger partial charge in [-0.15, -0.1) is 0 Å². The summed E-state index contributed by atoms with van der Waals surface area (Å²) in [6, 6.07) is 22.6. The summed E-state index contributed by atoms with van der Waals surface area (Å²) in [4.78, 5) is 28.2. The maximum atomic E-state index is 13.6. The van der Waals surface area contributed by atoms with Gasteiger partial charge in [-0.25, -0.2) is 0 Å². The van der Waals surface area contributed by atoms with E-state index in [1.165, 1.54) is 0 Å². The number of methoxy groups -OCH3 is 1. The molecule has 0 fully saturated rings. The minimum Gasteiger partial charge on any atom is -0.497 e. The first kappa shape index (κ1) is 22.0. The molecule has 6 nitrogen and oxygen atoms in total. The zero-order valence-electron chi connectivity index (χ0n) is 18.9. The number of para-hydroxylation sites is 1. The number of carbonyl (C=O) groups excluding carboxylic acids is 2. The van der Waals surface area contributed by atoms with Crippen molar-refractivity contribution in [1.29, 1.82) is 0 Å². The Morgan fingerprint density at radius 3 is 2.47 bits per heavy atom. The van der Waals surface area contributed by atoms with Crippen LogP contribution >= 0.6 is 11.6 Å². The van der Waals surface area contributed by atoms with Crippen LogP contribution in [0.15, 0.2) is 72.8 Å². The molecule has 0 saturated heterocycles. The Balaban J connectivity index is 1.50. The van der Waals surface area contributed by atoms with E-state index in [4.69, 9.17) is 16.3 Å². The van der Waals surface area contributed by atoms with Gasteiger partial charge in [0.1, 0.15) is 18.0 Å². The second-order valence-electron chi connectivity index (χ2n) is 8.32. The van der Waals surface area contributed by atoms with E-state index in [0.717, 1.165) is 33.3 Å². The van der Waals surface area contributed by atoms with Gasteiger partial charge in [0.15, 0.2) is 0 Å². The third kappa shape index (κ3) is 3.70. The number of hydrogen-bond acceptors (Lipinski definition) is 3. The number of benzene rings is 3. The lowest BCUT2D eigenvalue weighted by Gasteiger charge is -2.26. The SMILES string of the molecule is COc1ccc(C2c3c(n(C)c4ccccc34)C(=O)N2CC(=O)NCc2ccccc2Cl)cc1. The molecule has 0 saturated carbocycles. The molecule has 1 atom stereocenters. The smallest absolute Gasteiger partial charge is 0.272 e. The van der Waals surface area contributed by atoms with Crippen LogP contribution in [-0.4, -0.2) is 34.9 Å². The van der Waals surface area contributed by atoms with Gasteiger partial charge in [0.05, 0.1) is 13.2 Å². The van der Waals surface area contributed by atoms with Gasteiger partial charge in [0, 0.05) is 35.1 Å². The molecule has 172 valence electrons. The van der Waals surface area contributed by atoms with E-state index >= 15 is 0 Å². The molecule has 34 heavy (non-hydrogen) atoms. The molecular formula is C27H24ClN3O3. The third-order valence-electron chi connectivity index (χ3n) is 6.37. The van der Waals surface area contributed by atoms with E-state index in [0.29, 0.717) is 17.3 Å². The largest absolute Gasteiger partial charge is 0.497 e. The molecule has 1 aliphatic rings. The van der Waals surface area contributed by atoms with Crippen molar-refractivity contribution in [1.82, 2.24) is 14.8 Å². The molecule has 0 aliphatic carbocycles. The lowest BCUT2D eigenvalue weighted by atomic mass is 9.98. The quantitative estimate of drug-likeness (QED) is 0.441. The fourth-order valence-electron chi connectivity index (χ4n) is 4.71. The van der Waals surface area contributed by atoms with Crippen LogP contribution in [0.4, 0.5) is 0 Å². The molecule has 0 bridgehead atoms. The number of ether oxygens (including phenoxy) is 1. The molecule has 1 unspecified atom stereocenters. The zero-order chi connectivity index (χ0) is 23.8. The fraction of sp³-hybridized carbons (Fsp3) is 0.185. The molecule has 0 radical (unpaired) electrons. The minimum atomic E-state index is -0.384. The van der Waals surface area contributed by atoms with Crippen LogP contribution in [0.5, 0.6) is 5.75 Å². The predicted octanol–water partition coefficient (Wildman–Crippen LogP) is 4.70. The van der Waals surface area contributed by atoms with Crippen LogP contribution < -0.4 is 10.1 Å². The van der Waals surface area contributed by atoms with Gasteiger partial charge < -0.3 is 19.5 Å². The van der Waals surface area contributed by atoms with Crippen molar-refractivity contribution in [2.45, 2.75) is 12.6 Å². The number of nitrogens with one attached hydrogen (secondary N) is 1. The van der Waals surface area contributed by atoms with E-state index in [9.17, 15) is 9.59 Å². The number of rotatable bonds is 6. The normalized spacial score (nSPS) is 15.0. The average Bonchev–Trinajstić information content (AvgIpc) is 3.31. The Bertz CT molecular complexity index is 1390. The Morgan fingerprint density at radius 1 is 1.03 bits per heavy atom. The molecule has 1 aliphatic heterocycles. The number of aromatic nitrogens is 1. The first-order chi connectivity index (χ1) is 16.5. The number of nitrogens with zero attached hydrogens (tertiary/aromatic N) is 2. The third-order valence-corrected chi connectivity index (χ3v) is 6.74. The highest BCUT2D eigenvalue weighted by Crippen LogP contribution is 2.43. The monoisotopic (exact) mass is 473 g/mol. The molecule has 3 aromatic carbocycles. The molecule has 4 aromatic rings. The summed E-state index contributed by atoms with van der Waals surface area (Å²) in [7, 11) is 3.51. The highest BCUT2D eigenvalue weighted by atomic mass is 35.5. The van der Waals surface area contributed by atoms with Crippen LogP contribution in [0.3, 0.4) is 0 Å². The Morgan fingerprint density at radius 2 is 1.74 bits per heavy atom. The van der Waals surface area contributed by atoms with Crippen molar-refractivity contribution in [3.63, 3.8) is 0 Å². The van der Waals surface area contributed by atoms with Crippen LogP contribution in [0.25, 0.3) is 10.9 Å². The summed E-state index contributed by atoms with van der Waals surface area (Å²) in [6.45, 7) is 0.229. The molecular weight excluding hydrogens is 450 g/mol. The zero-order valence-corrected chi connectivity index (χ0v) is 19.7. The molecule has 2 amide bonds. The lowest BCUT2D eigenvalue weighted by Crippen LogP contribution is -2.39. The summed E-state index contributed by atoms with van der Waals surface area (Å²) in [5, 5.41) is 4.50. The number of aryl methyl sites for hydroxylation is 1. The second-order valence-corrected chi connectivity index (χ2v) is 8.72. The average molecular weight is 474 g/mol. The van der Waals surface area contributed by atoms with E-state index in [-0.39, 0.29) is 24.4 Å². The van der Waals surface area contributed by atoms with Crippen LogP contribution in [0, 0.1) is 0 Å². The summed E-state index contributed by atoms with van der Waals surface area (Å²) >= 11 is 6.22. The standard InChI is InChI=1S/C27H24ClN3O3/c1-30-22-10-6-4-8-20(22)24-25(17-11-13-19(34-2)14-12-17)31(27(33)26(24)30)16-23(32)29-15-18-7-3-5-9-21(18)28/h3-14,25H,15-16H2,1-2H3,(H,29,32). The van der Waals surface area contributed by atoms with E-state index in [2.05, 4.69) is 5.32 Å².